The highest BCUT2D eigenvalue weighted by Crippen LogP contribution is 2.34. The molecule has 31 heavy (non-hydrogen) atoms. The number of Topliss-reactive ketones (excluding diaryl/α,β-unsaturated/α-hetero) is 1. The predicted octanol–water partition coefficient (Wildman–Crippen LogP) is 5.13. The number of aromatic amines is 1. The normalized spacial score (nSPS) is 12.7. The van der Waals surface area contributed by atoms with Gasteiger partial charge >= 0.3 is 12.1 Å². The Balaban J connectivity index is 1.96. The Morgan fingerprint density at radius 2 is 1.87 bits per heavy atom. The number of carbonyl (C=O) groups is 2. The number of alkyl halides is 3. The zero-order valence-electron chi connectivity index (χ0n) is 17.3. The minimum Gasteiger partial charge on any atom is -0.462 e. The number of benzene rings is 1. The number of hydrogen-bond donors (Lipinski definition) is 1. The van der Waals surface area contributed by atoms with Crippen LogP contribution in [0.2, 0.25) is 0 Å². The number of nitrogens with zero attached hydrogens (tertiary/aromatic N) is 2. The van der Waals surface area contributed by atoms with Gasteiger partial charge in [0.25, 0.3) is 0 Å². The van der Waals surface area contributed by atoms with Crippen LogP contribution in [0.15, 0.2) is 29.3 Å². The van der Waals surface area contributed by atoms with Crippen molar-refractivity contribution in [1.29, 1.82) is 0 Å². The number of halogens is 3. The molecule has 0 aliphatic rings. The maximum atomic E-state index is 13.2. The van der Waals surface area contributed by atoms with E-state index >= 15 is 0 Å². The highest BCUT2D eigenvalue weighted by atomic mass is 32.2. The third-order valence-electron chi connectivity index (χ3n) is 4.64. The Morgan fingerprint density at radius 3 is 2.52 bits per heavy atom. The van der Waals surface area contributed by atoms with E-state index in [0.717, 1.165) is 11.8 Å². The molecule has 0 saturated carbocycles. The fourth-order valence-corrected chi connectivity index (χ4v) is 4.19. The quantitative estimate of drug-likeness (QED) is 0.242. The molecule has 0 radical (unpaired) electrons. The first-order chi connectivity index (χ1) is 14.5. The van der Waals surface area contributed by atoms with E-state index in [1.807, 2.05) is 0 Å². The van der Waals surface area contributed by atoms with Gasteiger partial charge in [0, 0.05) is 11.1 Å². The number of ketones is 1. The van der Waals surface area contributed by atoms with E-state index in [-0.39, 0.29) is 34.2 Å². The number of nitrogens with one attached hydrogen (secondary N) is 1. The summed E-state index contributed by atoms with van der Waals surface area (Å²) >= 11 is 0.912. The molecule has 0 spiro atoms. The van der Waals surface area contributed by atoms with Crippen LogP contribution >= 0.6 is 11.8 Å². The molecule has 3 rings (SSSR count). The monoisotopic (exact) mass is 451 g/mol. The van der Waals surface area contributed by atoms with Crippen LogP contribution in [-0.4, -0.2) is 38.6 Å². The Kier molecular flexibility index (Phi) is 6.40. The van der Waals surface area contributed by atoms with Crippen LogP contribution in [0.5, 0.6) is 0 Å². The van der Waals surface area contributed by atoms with E-state index in [4.69, 9.17) is 4.74 Å². The molecule has 0 aliphatic carbocycles. The third-order valence-corrected chi connectivity index (χ3v) is 5.74. The molecule has 0 unspecified atom stereocenters. The first-order valence-corrected chi connectivity index (χ1v) is 10.3. The number of aryl methyl sites for hydroxylation is 1. The van der Waals surface area contributed by atoms with Crippen molar-refractivity contribution in [3.8, 4) is 0 Å². The van der Waals surface area contributed by atoms with Gasteiger partial charge in [0.1, 0.15) is 5.03 Å². The maximum absolute atomic E-state index is 13.2. The van der Waals surface area contributed by atoms with Gasteiger partial charge in [0.15, 0.2) is 5.78 Å². The highest BCUT2D eigenvalue weighted by Gasteiger charge is 2.36. The minimum atomic E-state index is -4.71. The number of thioether (sulfide) groups is 1. The number of H-pyrrole nitrogens is 1. The van der Waals surface area contributed by atoms with Crippen LogP contribution in [-0.2, 0) is 10.9 Å². The van der Waals surface area contributed by atoms with Crippen LogP contribution in [0, 0.1) is 13.8 Å². The number of carbonyl (C=O) groups excluding carboxylic acids is 2. The molecular formula is C21H20F3N3O3S. The van der Waals surface area contributed by atoms with Gasteiger partial charge in [-0.1, -0.05) is 30.0 Å². The van der Waals surface area contributed by atoms with Gasteiger partial charge in [0.05, 0.1) is 28.6 Å². The van der Waals surface area contributed by atoms with Gasteiger partial charge in [-0.15, -0.1) is 0 Å². The predicted molar refractivity (Wildman–Crippen MR) is 110 cm³/mol. The number of para-hydroxylation sites is 1. The second-order valence-electron chi connectivity index (χ2n) is 6.84. The molecule has 0 amide bonds. The van der Waals surface area contributed by atoms with E-state index in [2.05, 4.69) is 15.0 Å². The van der Waals surface area contributed by atoms with E-state index in [0.29, 0.717) is 16.6 Å². The molecule has 6 nitrogen and oxygen atoms in total. The summed E-state index contributed by atoms with van der Waals surface area (Å²) in [6, 6.07) is 6.32. The zero-order chi connectivity index (χ0) is 22.9. The van der Waals surface area contributed by atoms with E-state index in [9.17, 15) is 22.8 Å². The topological polar surface area (TPSA) is 84.9 Å². The molecule has 2 heterocycles. The third kappa shape index (κ3) is 4.58. The number of hydrogen-bond acceptors (Lipinski definition) is 6. The van der Waals surface area contributed by atoms with Crippen LogP contribution < -0.4 is 0 Å². The summed E-state index contributed by atoms with van der Waals surface area (Å²) in [5, 5.41) is -0.289. The average molecular weight is 451 g/mol. The van der Waals surface area contributed by atoms with Crippen molar-refractivity contribution in [1.82, 2.24) is 15.0 Å². The second kappa shape index (κ2) is 8.70. The zero-order valence-corrected chi connectivity index (χ0v) is 18.1. The number of aromatic nitrogens is 3. The molecule has 1 atom stereocenters. The first kappa shape index (κ1) is 22.8. The summed E-state index contributed by atoms with van der Waals surface area (Å²) in [5.41, 5.74) is 1.58. The standard InChI is InChI=1S/C21H20F3N3O3S/c1-5-30-19(29)15-10(2)16(25-11(15)3)17(28)12(4)31-18-13-8-6-7-9-14(13)26-20(27-18)21(22,23)24/h6-9,12,25H,5H2,1-4H3/t12-/m1/s1. The summed E-state index contributed by atoms with van der Waals surface area (Å²) in [5.74, 6) is -2.16. The Labute approximate surface area is 180 Å². The Morgan fingerprint density at radius 1 is 1.19 bits per heavy atom. The lowest BCUT2D eigenvalue weighted by Crippen LogP contribution is -2.17. The van der Waals surface area contributed by atoms with E-state index < -0.39 is 23.2 Å². The highest BCUT2D eigenvalue weighted by molar-refractivity contribution is 8.00. The molecular weight excluding hydrogens is 431 g/mol. The van der Waals surface area contributed by atoms with Crippen LogP contribution in [0.4, 0.5) is 13.2 Å². The fourth-order valence-electron chi connectivity index (χ4n) is 3.19. The number of rotatable bonds is 6. The van der Waals surface area contributed by atoms with Crippen molar-refractivity contribution in [3.63, 3.8) is 0 Å². The maximum Gasteiger partial charge on any atom is 0.451 e. The largest absolute Gasteiger partial charge is 0.462 e. The van der Waals surface area contributed by atoms with Gasteiger partial charge in [-0.25, -0.2) is 14.8 Å². The van der Waals surface area contributed by atoms with Crippen LogP contribution in [0.1, 0.15) is 51.8 Å². The molecule has 0 aliphatic heterocycles. The van der Waals surface area contributed by atoms with Gasteiger partial charge in [0.2, 0.25) is 5.82 Å². The van der Waals surface area contributed by atoms with Crippen LogP contribution in [0.25, 0.3) is 10.9 Å². The summed E-state index contributed by atoms with van der Waals surface area (Å²) in [7, 11) is 0. The second-order valence-corrected chi connectivity index (χ2v) is 8.17. The van der Waals surface area contributed by atoms with Gasteiger partial charge in [-0.2, -0.15) is 13.2 Å². The molecule has 10 heteroatoms. The molecule has 2 aromatic heterocycles. The lowest BCUT2D eigenvalue weighted by atomic mass is 10.1. The summed E-state index contributed by atoms with van der Waals surface area (Å²) in [6.45, 7) is 6.74. The minimum absolute atomic E-state index is 0.0605. The molecule has 1 N–H and O–H groups in total. The number of esters is 1. The van der Waals surface area contributed by atoms with Crippen molar-refractivity contribution < 1.29 is 27.5 Å². The first-order valence-electron chi connectivity index (χ1n) is 9.45. The van der Waals surface area contributed by atoms with E-state index in [1.54, 1.807) is 45.9 Å². The van der Waals surface area contributed by atoms with Crippen molar-refractivity contribution in [2.75, 3.05) is 6.61 Å². The van der Waals surface area contributed by atoms with Gasteiger partial charge in [-0.3, -0.25) is 4.79 Å². The fraction of sp³-hybridized carbons (Fsp3) is 0.333. The molecule has 0 bridgehead atoms. The smallest absolute Gasteiger partial charge is 0.451 e. The molecule has 3 aromatic rings. The molecule has 0 saturated heterocycles. The average Bonchev–Trinajstić information content (AvgIpc) is 3.00. The SMILES string of the molecule is CCOC(=O)c1c(C)[nH]c(C(=O)[C@@H](C)Sc2nc(C(F)(F)F)nc3ccccc23)c1C. The molecule has 164 valence electrons. The van der Waals surface area contributed by atoms with E-state index in [1.165, 1.54) is 6.07 Å². The number of ether oxygens (including phenoxy) is 1. The van der Waals surface area contributed by atoms with Gasteiger partial charge < -0.3 is 9.72 Å². The van der Waals surface area contributed by atoms with Gasteiger partial charge in [-0.05, 0) is 39.3 Å². The summed E-state index contributed by atoms with van der Waals surface area (Å²) < 4.78 is 44.8. The van der Waals surface area contributed by atoms with Crippen molar-refractivity contribution in [2.24, 2.45) is 0 Å². The lowest BCUT2D eigenvalue weighted by molar-refractivity contribution is -0.145. The van der Waals surface area contributed by atoms with Crippen LogP contribution in [0.3, 0.4) is 0 Å². The number of fused-ring (bicyclic) bond motifs is 1. The van der Waals surface area contributed by atoms with Crippen molar-refractivity contribution >= 4 is 34.4 Å². The summed E-state index contributed by atoms with van der Waals surface area (Å²) in [6.07, 6.45) is -4.71. The Hall–Kier alpha value is -2.88. The molecule has 1 aromatic carbocycles. The summed E-state index contributed by atoms with van der Waals surface area (Å²) in [4.78, 5) is 35.4. The van der Waals surface area contributed by atoms with Crippen molar-refractivity contribution in [2.45, 2.75) is 44.1 Å². The Bertz CT molecular complexity index is 1160. The molecule has 0 fully saturated rings. The van der Waals surface area contributed by atoms with Crippen molar-refractivity contribution in [3.05, 3.63) is 52.6 Å². The lowest BCUT2D eigenvalue weighted by Gasteiger charge is -2.13.